The lowest BCUT2D eigenvalue weighted by atomic mass is 10.0. The van der Waals surface area contributed by atoms with Crippen molar-refractivity contribution in [2.24, 2.45) is 5.92 Å². The van der Waals surface area contributed by atoms with E-state index in [1.807, 2.05) is 0 Å². The van der Waals surface area contributed by atoms with Crippen LogP contribution < -0.4 is 0 Å². The summed E-state index contributed by atoms with van der Waals surface area (Å²) in [4.78, 5) is 37.5. The number of carbonyl (C=O) groups is 3. The van der Waals surface area contributed by atoms with E-state index in [-0.39, 0.29) is 31.1 Å². The Morgan fingerprint density at radius 3 is 0.942 bits per heavy atom. The lowest BCUT2D eigenvalue weighted by Crippen LogP contribution is -2.30. The molecule has 0 rings (SSSR count). The van der Waals surface area contributed by atoms with Crippen molar-refractivity contribution in [2.45, 2.75) is 259 Å². The lowest BCUT2D eigenvalue weighted by Gasteiger charge is -2.18. The summed E-state index contributed by atoms with van der Waals surface area (Å²) >= 11 is 0. The molecule has 308 valence electrons. The molecule has 0 N–H and O–H groups in total. The van der Waals surface area contributed by atoms with Crippen LogP contribution in [-0.2, 0) is 28.6 Å². The third-order valence-corrected chi connectivity index (χ3v) is 10.3. The summed E-state index contributed by atoms with van der Waals surface area (Å²) in [7, 11) is 0. The molecule has 0 aliphatic heterocycles. The topological polar surface area (TPSA) is 78.9 Å². The average molecular weight is 737 g/mol. The van der Waals surface area contributed by atoms with Crippen LogP contribution in [0.4, 0.5) is 0 Å². The van der Waals surface area contributed by atoms with Gasteiger partial charge in [-0.3, -0.25) is 14.4 Å². The van der Waals surface area contributed by atoms with Gasteiger partial charge in [0.25, 0.3) is 0 Å². The van der Waals surface area contributed by atoms with Crippen LogP contribution in [-0.4, -0.2) is 37.2 Å². The van der Waals surface area contributed by atoms with Crippen LogP contribution in [0.15, 0.2) is 0 Å². The standard InChI is InChI=1S/C46H88O6/c1-5-7-9-11-12-13-14-15-16-17-18-19-24-27-31-35-39-46(49)52-43(40-50-44(47)37-33-28-10-8-6-2)41-51-45(48)38-34-30-26-23-21-20-22-25-29-32-36-42(3)4/h42-43H,5-41H2,1-4H3/t43-/m1/s1. The van der Waals surface area contributed by atoms with Crippen molar-refractivity contribution < 1.29 is 28.6 Å². The van der Waals surface area contributed by atoms with Gasteiger partial charge in [-0.2, -0.15) is 0 Å². The van der Waals surface area contributed by atoms with Crippen LogP contribution in [0.3, 0.4) is 0 Å². The Kier molecular flexibility index (Phi) is 39.4. The number of hydrogen-bond donors (Lipinski definition) is 0. The fourth-order valence-electron chi connectivity index (χ4n) is 6.80. The molecule has 0 aromatic heterocycles. The molecule has 0 radical (unpaired) electrons. The van der Waals surface area contributed by atoms with E-state index in [9.17, 15) is 14.4 Å². The van der Waals surface area contributed by atoms with Gasteiger partial charge < -0.3 is 14.2 Å². The second-order valence-electron chi connectivity index (χ2n) is 16.2. The highest BCUT2D eigenvalue weighted by molar-refractivity contribution is 5.71. The SMILES string of the molecule is CCCCCCCCCCCCCCCCCCC(=O)O[C@H](COC(=O)CCCCCCC)COC(=O)CCCCCCCCCCCCC(C)C. The van der Waals surface area contributed by atoms with Crippen molar-refractivity contribution in [2.75, 3.05) is 13.2 Å². The summed E-state index contributed by atoms with van der Waals surface area (Å²) in [5, 5.41) is 0. The van der Waals surface area contributed by atoms with Crippen LogP contribution in [0.2, 0.25) is 0 Å². The molecule has 0 aliphatic rings. The Morgan fingerprint density at radius 2 is 0.635 bits per heavy atom. The molecule has 0 amide bonds. The normalized spacial score (nSPS) is 11.9. The monoisotopic (exact) mass is 737 g/mol. The molecule has 0 aromatic rings. The Balaban J connectivity index is 4.17. The van der Waals surface area contributed by atoms with Crippen molar-refractivity contribution in [3.05, 3.63) is 0 Å². The van der Waals surface area contributed by atoms with Crippen molar-refractivity contribution in [1.82, 2.24) is 0 Å². The van der Waals surface area contributed by atoms with Crippen LogP contribution in [0.1, 0.15) is 252 Å². The summed E-state index contributed by atoms with van der Waals surface area (Å²) in [6.45, 7) is 8.91. The predicted molar refractivity (Wildman–Crippen MR) is 220 cm³/mol. The number of rotatable bonds is 41. The second kappa shape index (κ2) is 40.6. The first kappa shape index (κ1) is 50.4. The van der Waals surface area contributed by atoms with Gasteiger partial charge in [0.15, 0.2) is 6.10 Å². The van der Waals surface area contributed by atoms with Crippen molar-refractivity contribution in [3.63, 3.8) is 0 Å². The van der Waals surface area contributed by atoms with Gasteiger partial charge in [0.05, 0.1) is 0 Å². The summed E-state index contributed by atoms with van der Waals surface area (Å²) < 4.78 is 16.6. The molecule has 0 spiro atoms. The van der Waals surface area contributed by atoms with Crippen LogP contribution in [0.5, 0.6) is 0 Å². The third kappa shape index (κ3) is 39.6. The molecule has 0 bridgehead atoms. The Bertz CT molecular complexity index is 781. The van der Waals surface area contributed by atoms with Gasteiger partial charge in [-0.15, -0.1) is 0 Å². The molecule has 0 saturated heterocycles. The first-order chi connectivity index (χ1) is 25.4. The van der Waals surface area contributed by atoms with E-state index in [4.69, 9.17) is 14.2 Å². The molecule has 0 saturated carbocycles. The minimum Gasteiger partial charge on any atom is -0.462 e. The van der Waals surface area contributed by atoms with Gasteiger partial charge >= 0.3 is 17.9 Å². The molecule has 1 atom stereocenters. The number of hydrogen-bond acceptors (Lipinski definition) is 6. The summed E-state index contributed by atoms with van der Waals surface area (Å²) in [5.74, 6) is -0.0492. The molecule has 0 unspecified atom stereocenters. The van der Waals surface area contributed by atoms with E-state index in [2.05, 4.69) is 27.7 Å². The Morgan fingerprint density at radius 1 is 0.365 bits per heavy atom. The summed E-state index contributed by atoms with van der Waals surface area (Å²) in [6, 6.07) is 0. The number of carbonyl (C=O) groups excluding carboxylic acids is 3. The van der Waals surface area contributed by atoms with E-state index < -0.39 is 6.10 Å². The van der Waals surface area contributed by atoms with Crippen molar-refractivity contribution >= 4 is 17.9 Å². The van der Waals surface area contributed by atoms with E-state index in [1.165, 1.54) is 141 Å². The van der Waals surface area contributed by atoms with E-state index in [0.717, 1.165) is 70.1 Å². The molecule has 0 heterocycles. The predicted octanol–water partition coefficient (Wildman–Crippen LogP) is 14.3. The largest absolute Gasteiger partial charge is 0.462 e. The van der Waals surface area contributed by atoms with E-state index in [1.54, 1.807) is 0 Å². The molecule has 52 heavy (non-hydrogen) atoms. The zero-order valence-corrected chi connectivity index (χ0v) is 35.3. The first-order valence-corrected chi connectivity index (χ1v) is 22.9. The minimum atomic E-state index is -0.757. The zero-order valence-electron chi connectivity index (χ0n) is 35.3. The Hall–Kier alpha value is -1.59. The molecule has 0 fully saturated rings. The first-order valence-electron chi connectivity index (χ1n) is 22.9. The van der Waals surface area contributed by atoms with E-state index in [0.29, 0.717) is 19.3 Å². The smallest absolute Gasteiger partial charge is 0.306 e. The third-order valence-electron chi connectivity index (χ3n) is 10.3. The average Bonchev–Trinajstić information content (AvgIpc) is 3.12. The molecule has 0 aromatic carbocycles. The fraction of sp³-hybridized carbons (Fsp3) is 0.935. The maximum atomic E-state index is 12.7. The highest BCUT2D eigenvalue weighted by atomic mass is 16.6. The Labute approximate surface area is 323 Å². The van der Waals surface area contributed by atoms with Gasteiger partial charge in [-0.05, 0) is 25.2 Å². The number of esters is 3. The lowest BCUT2D eigenvalue weighted by molar-refractivity contribution is -0.167. The number of ether oxygens (including phenoxy) is 3. The fourth-order valence-corrected chi connectivity index (χ4v) is 6.80. The molecule has 6 nitrogen and oxygen atoms in total. The van der Waals surface area contributed by atoms with Gasteiger partial charge in [-0.1, -0.05) is 214 Å². The molecular formula is C46H88O6. The van der Waals surface area contributed by atoms with Gasteiger partial charge in [0.1, 0.15) is 13.2 Å². The van der Waals surface area contributed by atoms with Crippen LogP contribution in [0.25, 0.3) is 0 Å². The van der Waals surface area contributed by atoms with Gasteiger partial charge in [0.2, 0.25) is 0 Å². The summed E-state index contributed by atoms with van der Waals surface area (Å²) in [6.07, 6.45) is 39.7. The zero-order chi connectivity index (χ0) is 38.2. The minimum absolute atomic E-state index is 0.0650. The van der Waals surface area contributed by atoms with Crippen molar-refractivity contribution in [1.29, 1.82) is 0 Å². The van der Waals surface area contributed by atoms with Crippen molar-refractivity contribution in [3.8, 4) is 0 Å². The van der Waals surface area contributed by atoms with Gasteiger partial charge in [-0.25, -0.2) is 0 Å². The maximum Gasteiger partial charge on any atom is 0.306 e. The van der Waals surface area contributed by atoms with Gasteiger partial charge in [0, 0.05) is 19.3 Å². The molecular weight excluding hydrogens is 648 g/mol. The maximum absolute atomic E-state index is 12.7. The van der Waals surface area contributed by atoms with Crippen LogP contribution >= 0.6 is 0 Å². The highest BCUT2D eigenvalue weighted by Crippen LogP contribution is 2.16. The summed E-state index contributed by atoms with van der Waals surface area (Å²) in [5.41, 5.74) is 0. The number of unbranched alkanes of at least 4 members (excludes halogenated alkanes) is 28. The van der Waals surface area contributed by atoms with E-state index >= 15 is 0 Å². The highest BCUT2D eigenvalue weighted by Gasteiger charge is 2.19. The van der Waals surface area contributed by atoms with Crippen LogP contribution in [0, 0.1) is 5.92 Å². The molecule has 0 aliphatic carbocycles. The second-order valence-corrected chi connectivity index (χ2v) is 16.2. The molecule has 6 heteroatoms. The quantitative estimate of drug-likeness (QED) is 0.0353.